The van der Waals surface area contributed by atoms with Crippen molar-refractivity contribution in [3.05, 3.63) is 29.8 Å². The number of hydrogen-bond donors (Lipinski definition) is 0. The van der Waals surface area contributed by atoms with Gasteiger partial charge in [-0.2, -0.15) is 0 Å². The first-order valence-electron chi connectivity index (χ1n) is 6.64. The number of amides is 1. The van der Waals surface area contributed by atoms with E-state index in [1.807, 2.05) is 12.1 Å². The molecule has 0 unspecified atom stereocenters. The van der Waals surface area contributed by atoms with Crippen molar-refractivity contribution >= 4 is 11.8 Å². The topological polar surface area (TPSA) is 29.5 Å². The second-order valence-electron chi connectivity index (χ2n) is 4.96. The minimum absolute atomic E-state index is 0.333. The van der Waals surface area contributed by atoms with Crippen LogP contribution in [-0.2, 0) is 4.74 Å². The largest absolute Gasteiger partial charge is 0.452 e. The zero-order chi connectivity index (χ0) is 13.0. The Labute approximate surface area is 109 Å². The van der Waals surface area contributed by atoms with Gasteiger partial charge in [-0.1, -0.05) is 31.4 Å². The number of carbonyl (C=O) groups excluding carboxylic acids is 1. The second kappa shape index (κ2) is 5.89. The molecule has 1 aromatic carbocycles. The fourth-order valence-corrected chi connectivity index (χ4v) is 2.65. The van der Waals surface area contributed by atoms with E-state index in [4.69, 9.17) is 4.74 Å². The molecule has 0 aromatic heterocycles. The molecule has 0 atom stereocenters. The van der Waals surface area contributed by atoms with Crippen molar-refractivity contribution in [1.29, 1.82) is 0 Å². The predicted molar refractivity (Wildman–Crippen MR) is 73.1 cm³/mol. The summed E-state index contributed by atoms with van der Waals surface area (Å²) in [6.07, 6.45) is 6.32. The van der Waals surface area contributed by atoms with E-state index in [1.165, 1.54) is 49.7 Å². The maximum atomic E-state index is 11.4. The van der Waals surface area contributed by atoms with E-state index in [0.29, 0.717) is 5.92 Å². The van der Waals surface area contributed by atoms with E-state index < -0.39 is 0 Å². The molecular weight excluding hydrogens is 226 g/mol. The van der Waals surface area contributed by atoms with E-state index >= 15 is 0 Å². The highest BCUT2D eigenvalue weighted by atomic mass is 16.5. The van der Waals surface area contributed by atoms with Crippen molar-refractivity contribution in [1.82, 2.24) is 0 Å². The van der Waals surface area contributed by atoms with Gasteiger partial charge >= 0.3 is 6.09 Å². The zero-order valence-electron chi connectivity index (χ0n) is 11.2. The normalized spacial score (nSPS) is 16.3. The maximum absolute atomic E-state index is 11.4. The highest BCUT2D eigenvalue weighted by molar-refractivity contribution is 5.86. The van der Waals surface area contributed by atoms with E-state index in [-0.39, 0.29) is 6.09 Å². The van der Waals surface area contributed by atoms with Gasteiger partial charge in [0.25, 0.3) is 0 Å². The van der Waals surface area contributed by atoms with Gasteiger partial charge in [0.15, 0.2) is 0 Å². The molecule has 1 fully saturated rings. The van der Waals surface area contributed by atoms with Crippen LogP contribution in [0.4, 0.5) is 10.5 Å². The van der Waals surface area contributed by atoms with Crippen molar-refractivity contribution in [3.8, 4) is 0 Å². The molecule has 3 nitrogen and oxygen atoms in total. The monoisotopic (exact) mass is 247 g/mol. The molecule has 0 bridgehead atoms. The lowest BCUT2D eigenvalue weighted by Crippen LogP contribution is -2.25. The van der Waals surface area contributed by atoms with E-state index in [0.717, 1.165) is 5.69 Å². The fraction of sp³-hybridized carbons (Fsp3) is 0.533. The third kappa shape index (κ3) is 2.84. The summed E-state index contributed by atoms with van der Waals surface area (Å²) in [4.78, 5) is 12.9. The highest BCUT2D eigenvalue weighted by Gasteiger charge is 2.16. The van der Waals surface area contributed by atoms with Crippen LogP contribution in [0.15, 0.2) is 24.3 Å². The van der Waals surface area contributed by atoms with Crippen molar-refractivity contribution in [2.24, 2.45) is 0 Å². The van der Waals surface area contributed by atoms with Crippen LogP contribution >= 0.6 is 0 Å². The summed E-state index contributed by atoms with van der Waals surface area (Å²) in [5.74, 6) is 0.705. The van der Waals surface area contributed by atoms with Gasteiger partial charge in [-0.15, -0.1) is 0 Å². The number of nitrogens with zero attached hydrogens (tertiary/aromatic N) is 1. The van der Waals surface area contributed by atoms with Crippen LogP contribution in [0.25, 0.3) is 0 Å². The summed E-state index contributed by atoms with van der Waals surface area (Å²) in [6, 6.07) is 8.29. The molecule has 1 aliphatic carbocycles. The maximum Gasteiger partial charge on any atom is 0.413 e. The lowest BCUT2D eigenvalue weighted by molar-refractivity contribution is 0.180. The van der Waals surface area contributed by atoms with Crippen LogP contribution in [0, 0.1) is 0 Å². The third-order valence-electron chi connectivity index (χ3n) is 3.81. The molecule has 0 spiro atoms. The van der Waals surface area contributed by atoms with Gasteiger partial charge < -0.3 is 4.74 Å². The van der Waals surface area contributed by atoms with Crippen molar-refractivity contribution < 1.29 is 9.53 Å². The molecule has 1 amide bonds. The van der Waals surface area contributed by atoms with Crippen LogP contribution in [0.2, 0.25) is 0 Å². The first-order valence-corrected chi connectivity index (χ1v) is 6.64. The molecular formula is C15H21NO2. The van der Waals surface area contributed by atoms with Gasteiger partial charge in [-0.3, -0.25) is 4.90 Å². The Hall–Kier alpha value is -1.51. The highest BCUT2D eigenvalue weighted by Crippen LogP contribution is 2.33. The lowest BCUT2D eigenvalue weighted by atomic mass is 9.84. The Balaban J connectivity index is 2.07. The molecule has 18 heavy (non-hydrogen) atoms. The van der Waals surface area contributed by atoms with Crippen LogP contribution in [0.1, 0.15) is 43.6 Å². The molecule has 0 radical (unpaired) electrons. The quantitative estimate of drug-likeness (QED) is 0.792. The first-order chi connectivity index (χ1) is 8.72. The van der Waals surface area contributed by atoms with Gasteiger partial charge in [-0.05, 0) is 36.5 Å². The summed E-state index contributed by atoms with van der Waals surface area (Å²) in [5.41, 5.74) is 2.28. The summed E-state index contributed by atoms with van der Waals surface area (Å²) in [5, 5.41) is 0. The van der Waals surface area contributed by atoms with Crippen molar-refractivity contribution in [3.63, 3.8) is 0 Å². The fourth-order valence-electron chi connectivity index (χ4n) is 2.65. The Morgan fingerprint density at radius 3 is 2.33 bits per heavy atom. The van der Waals surface area contributed by atoms with Crippen molar-refractivity contribution in [2.75, 3.05) is 19.1 Å². The number of ether oxygens (including phenoxy) is 1. The molecule has 0 N–H and O–H groups in total. The summed E-state index contributed by atoms with van der Waals surface area (Å²) in [7, 11) is 3.12. The molecule has 2 rings (SSSR count). The average Bonchev–Trinajstić information content (AvgIpc) is 2.47. The number of carbonyl (C=O) groups is 1. The number of anilines is 1. The standard InChI is InChI=1S/C15H21NO2/c1-16(15(17)18-2)14-10-8-13(9-11-14)12-6-4-3-5-7-12/h8-12H,3-7H2,1-2H3. The molecule has 98 valence electrons. The second-order valence-corrected chi connectivity index (χ2v) is 4.96. The SMILES string of the molecule is COC(=O)N(C)c1ccc(C2CCCCC2)cc1. The molecule has 1 saturated carbocycles. The van der Waals surface area contributed by atoms with Crippen LogP contribution in [-0.4, -0.2) is 20.3 Å². The summed E-state index contributed by atoms with van der Waals surface area (Å²) in [6.45, 7) is 0. The number of rotatable bonds is 2. The molecule has 1 aromatic rings. The smallest absolute Gasteiger partial charge is 0.413 e. The molecule has 0 heterocycles. The van der Waals surface area contributed by atoms with Gasteiger partial charge in [0.1, 0.15) is 0 Å². The first kappa shape index (κ1) is 12.9. The third-order valence-corrected chi connectivity index (χ3v) is 3.81. The van der Waals surface area contributed by atoms with Gasteiger partial charge in [0.2, 0.25) is 0 Å². The average molecular weight is 247 g/mol. The molecule has 0 saturated heterocycles. The molecule has 0 aliphatic heterocycles. The van der Waals surface area contributed by atoms with E-state index in [1.54, 1.807) is 7.05 Å². The van der Waals surface area contributed by atoms with Gasteiger partial charge in [-0.25, -0.2) is 4.79 Å². The van der Waals surface area contributed by atoms with Crippen LogP contribution in [0.5, 0.6) is 0 Å². The van der Waals surface area contributed by atoms with Crippen LogP contribution in [0.3, 0.4) is 0 Å². The summed E-state index contributed by atoms with van der Waals surface area (Å²) >= 11 is 0. The Kier molecular flexibility index (Phi) is 4.24. The molecule has 3 heteroatoms. The van der Waals surface area contributed by atoms with Gasteiger partial charge in [0.05, 0.1) is 7.11 Å². The van der Waals surface area contributed by atoms with Crippen LogP contribution < -0.4 is 4.90 Å². The Bertz CT molecular complexity index is 393. The predicted octanol–water partition coefficient (Wildman–Crippen LogP) is 3.94. The minimum Gasteiger partial charge on any atom is -0.452 e. The molecule has 1 aliphatic rings. The van der Waals surface area contributed by atoms with Crippen molar-refractivity contribution in [2.45, 2.75) is 38.0 Å². The van der Waals surface area contributed by atoms with E-state index in [9.17, 15) is 4.79 Å². The minimum atomic E-state index is -0.333. The van der Waals surface area contributed by atoms with E-state index in [2.05, 4.69) is 12.1 Å². The Morgan fingerprint density at radius 1 is 1.17 bits per heavy atom. The van der Waals surface area contributed by atoms with Gasteiger partial charge in [0, 0.05) is 12.7 Å². The number of benzene rings is 1. The lowest BCUT2D eigenvalue weighted by Gasteiger charge is -2.23. The summed E-state index contributed by atoms with van der Waals surface area (Å²) < 4.78 is 4.70. The number of hydrogen-bond acceptors (Lipinski definition) is 2. The number of methoxy groups -OCH3 is 1. The zero-order valence-corrected chi connectivity index (χ0v) is 11.2. The Morgan fingerprint density at radius 2 is 1.78 bits per heavy atom.